The van der Waals surface area contributed by atoms with E-state index in [2.05, 4.69) is 15.2 Å². The molecule has 11 nitrogen and oxygen atoms in total. The summed E-state index contributed by atoms with van der Waals surface area (Å²) < 4.78 is 17.3. The van der Waals surface area contributed by atoms with Crippen molar-refractivity contribution in [3.63, 3.8) is 0 Å². The summed E-state index contributed by atoms with van der Waals surface area (Å²) in [5, 5.41) is 6.27. The highest BCUT2D eigenvalue weighted by molar-refractivity contribution is 7.56. The number of nitrogens with one attached hydrogen (secondary N) is 3. The Morgan fingerprint density at radius 2 is 1.86 bits per heavy atom. The van der Waals surface area contributed by atoms with E-state index in [4.69, 9.17) is 14.2 Å². The third-order valence-corrected chi connectivity index (χ3v) is 6.52. The Morgan fingerprint density at radius 3 is 2.49 bits per heavy atom. The number of unbranched alkanes of at least 4 members (excludes halogenated alkanes) is 2. The summed E-state index contributed by atoms with van der Waals surface area (Å²) in [5.41, 5.74) is -0.938. The molecule has 1 aromatic rings. The molecule has 0 aromatic carbocycles. The Hall–Kier alpha value is -2.33. The number of carbonyl (C=O) groups is 2. The third kappa shape index (κ3) is 13.4. The number of methoxy groups -OCH3 is 1. The summed E-state index contributed by atoms with van der Waals surface area (Å²) in [4.78, 5) is 49.6. The summed E-state index contributed by atoms with van der Waals surface area (Å²) in [6.45, 7) is 6.78. The summed E-state index contributed by atoms with van der Waals surface area (Å²) in [7, 11) is 0.254. The zero-order valence-corrected chi connectivity index (χ0v) is 22.0. The second kappa shape index (κ2) is 18.0. The quantitative estimate of drug-likeness (QED) is 0.152. The van der Waals surface area contributed by atoms with Crippen LogP contribution in [0.4, 0.5) is 0 Å². The molecule has 0 radical (unpaired) electrons. The van der Waals surface area contributed by atoms with E-state index < -0.39 is 25.5 Å². The number of aryl methyl sites for hydroxylation is 1. The van der Waals surface area contributed by atoms with Crippen LogP contribution in [0, 0.1) is 0 Å². The van der Waals surface area contributed by atoms with Crippen molar-refractivity contribution in [3.8, 4) is 0 Å². The first-order valence-corrected chi connectivity index (χ1v) is 13.3. The average molecular weight is 515 g/mol. The lowest BCUT2D eigenvalue weighted by atomic mass is 10.2. The summed E-state index contributed by atoms with van der Waals surface area (Å²) in [5.74, 6) is 1.07. The van der Waals surface area contributed by atoms with Gasteiger partial charge in [0.2, 0.25) is 0 Å². The molecule has 0 aliphatic rings. The van der Waals surface area contributed by atoms with Gasteiger partial charge in [-0.3, -0.25) is 29.5 Å². The zero-order valence-electron chi connectivity index (χ0n) is 21.1. The third-order valence-electron chi connectivity index (χ3n) is 4.89. The summed E-state index contributed by atoms with van der Waals surface area (Å²) in [6.07, 6.45) is 6.82. The molecule has 0 aliphatic carbocycles. The lowest BCUT2D eigenvalue weighted by Crippen LogP contribution is -2.36. The second-order valence-corrected chi connectivity index (χ2v) is 9.47. The SMILES string of the molecule is CCCCOC(=O)CNP(/C=C/C(CCn1ccc(=O)[nH]c1=O)OC)NC(C)C(=O)OCCCC. The molecule has 0 saturated carbocycles. The average Bonchev–Trinajstić information content (AvgIpc) is 2.83. The van der Waals surface area contributed by atoms with Crippen molar-refractivity contribution in [2.75, 3.05) is 26.9 Å². The van der Waals surface area contributed by atoms with Crippen molar-refractivity contribution < 1.29 is 23.8 Å². The molecular formula is C23H39N4O7P. The smallest absolute Gasteiger partial charge is 0.328 e. The van der Waals surface area contributed by atoms with E-state index in [1.807, 2.05) is 19.7 Å². The fourth-order valence-corrected chi connectivity index (χ4v) is 4.21. The van der Waals surface area contributed by atoms with Crippen molar-refractivity contribution in [3.05, 3.63) is 45.0 Å². The fourth-order valence-electron chi connectivity index (χ4n) is 2.74. The van der Waals surface area contributed by atoms with E-state index >= 15 is 0 Å². The van der Waals surface area contributed by atoms with Gasteiger partial charge in [-0.05, 0) is 32.0 Å². The molecular weight excluding hydrogens is 475 g/mol. The van der Waals surface area contributed by atoms with Crippen LogP contribution in [0.15, 0.2) is 33.7 Å². The number of carbonyl (C=O) groups excluding carboxylic acids is 2. The number of esters is 2. The molecule has 0 aliphatic heterocycles. The minimum atomic E-state index is -1.29. The minimum absolute atomic E-state index is 0.0191. The van der Waals surface area contributed by atoms with Gasteiger partial charge in [0.05, 0.1) is 34.1 Å². The van der Waals surface area contributed by atoms with Crippen molar-refractivity contribution in [2.45, 2.75) is 71.6 Å². The van der Waals surface area contributed by atoms with Gasteiger partial charge in [-0.2, -0.15) is 0 Å². The molecule has 198 valence electrons. The van der Waals surface area contributed by atoms with Gasteiger partial charge in [-0.15, -0.1) is 0 Å². The van der Waals surface area contributed by atoms with Crippen LogP contribution in [-0.2, 0) is 30.3 Å². The van der Waals surface area contributed by atoms with E-state index in [1.54, 1.807) is 20.1 Å². The highest BCUT2D eigenvalue weighted by atomic mass is 31.1. The molecule has 0 spiro atoms. The Morgan fingerprint density at radius 1 is 1.17 bits per heavy atom. The van der Waals surface area contributed by atoms with Crippen LogP contribution in [0.2, 0.25) is 0 Å². The van der Waals surface area contributed by atoms with Crippen molar-refractivity contribution in [2.24, 2.45) is 0 Å². The Kier molecular flexibility index (Phi) is 15.8. The summed E-state index contributed by atoms with van der Waals surface area (Å²) in [6, 6.07) is 0.694. The maximum absolute atomic E-state index is 12.3. The Balaban J connectivity index is 2.77. The molecule has 3 unspecified atom stereocenters. The maximum atomic E-state index is 12.3. The predicted molar refractivity (Wildman–Crippen MR) is 135 cm³/mol. The van der Waals surface area contributed by atoms with Crippen LogP contribution in [0.3, 0.4) is 0 Å². The van der Waals surface area contributed by atoms with Gasteiger partial charge in [0, 0.05) is 25.9 Å². The van der Waals surface area contributed by atoms with E-state index in [0.717, 1.165) is 25.7 Å². The monoisotopic (exact) mass is 514 g/mol. The van der Waals surface area contributed by atoms with Gasteiger partial charge < -0.3 is 18.8 Å². The maximum Gasteiger partial charge on any atom is 0.328 e. The first-order valence-electron chi connectivity index (χ1n) is 11.9. The van der Waals surface area contributed by atoms with Gasteiger partial charge >= 0.3 is 17.6 Å². The van der Waals surface area contributed by atoms with E-state index in [0.29, 0.717) is 26.2 Å². The topological polar surface area (TPSA) is 141 Å². The summed E-state index contributed by atoms with van der Waals surface area (Å²) >= 11 is 0. The molecule has 3 N–H and O–H groups in total. The molecule has 35 heavy (non-hydrogen) atoms. The Bertz CT molecular complexity index is 902. The van der Waals surface area contributed by atoms with Gasteiger partial charge in [0.15, 0.2) is 0 Å². The molecule has 0 saturated heterocycles. The fraction of sp³-hybridized carbons (Fsp3) is 0.652. The molecule has 0 bridgehead atoms. The number of aromatic nitrogens is 2. The van der Waals surface area contributed by atoms with Crippen molar-refractivity contribution in [1.82, 2.24) is 19.7 Å². The highest BCUT2D eigenvalue weighted by Gasteiger charge is 2.19. The van der Waals surface area contributed by atoms with Gasteiger partial charge in [-0.25, -0.2) is 4.79 Å². The lowest BCUT2D eigenvalue weighted by molar-refractivity contribution is -0.145. The van der Waals surface area contributed by atoms with Crippen LogP contribution in [0.1, 0.15) is 52.9 Å². The van der Waals surface area contributed by atoms with Crippen LogP contribution in [0.5, 0.6) is 0 Å². The number of ether oxygens (including phenoxy) is 3. The van der Waals surface area contributed by atoms with Crippen molar-refractivity contribution in [1.29, 1.82) is 0 Å². The van der Waals surface area contributed by atoms with Gasteiger partial charge in [0.25, 0.3) is 5.56 Å². The Labute approximate surface area is 207 Å². The molecule has 0 fully saturated rings. The van der Waals surface area contributed by atoms with Crippen LogP contribution >= 0.6 is 8.22 Å². The zero-order chi connectivity index (χ0) is 26.1. The van der Waals surface area contributed by atoms with E-state index in [1.165, 1.54) is 16.8 Å². The van der Waals surface area contributed by atoms with Gasteiger partial charge in [0.1, 0.15) is 6.04 Å². The van der Waals surface area contributed by atoms with Crippen LogP contribution < -0.4 is 21.4 Å². The van der Waals surface area contributed by atoms with Crippen molar-refractivity contribution >= 4 is 20.2 Å². The number of rotatable bonds is 18. The first-order chi connectivity index (χ1) is 16.8. The molecule has 1 rings (SSSR count). The minimum Gasteiger partial charge on any atom is -0.465 e. The number of hydrogen-bond acceptors (Lipinski definition) is 9. The lowest BCUT2D eigenvalue weighted by Gasteiger charge is -2.21. The standard InChI is InChI=1S/C23H39N4O7P/c1-5-7-14-33-21(29)17-24-35(26-18(3)22(30)34-15-8-6-2)16-11-19(32-4)9-12-27-13-10-20(28)25-23(27)31/h10-11,13,16,18-19,24,26H,5-9,12,14-15,17H2,1-4H3,(H,25,28,31)/b16-11+. The number of H-pyrrole nitrogens is 1. The molecule has 3 atom stereocenters. The van der Waals surface area contributed by atoms with Crippen LogP contribution in [-0.4, -0.2) is 60.5 Å². The predicted octanol–water partition coefficient (Wildman–Crippen LogP) is 2.02. The number of hydrogen-bond donors (Lipinski definition) is 3. The molecule has 12 heteroatoms. The second-order valence-electron chi connectivity index (χ2n) is 7.86. The largest absolute Gasteiger partial charge is 0.465 e. The molecule has 1 heterocycles. The number of aromatic amines is 1. The molecule has 1 aromatic heterocycles. The first kappa shape index (κ1) is 30.7. The van der Waals surface area contributed by atoms with E-state index in [-0.39, 0.29) is 24.6 Å². The number of nitrogens with zero attached hydrogens (tertiary/aromatic N) is 1. The molecule has 0 amide bonds. The van der Waals surface area contributed by atoms with Crippen LogP contribution in [0.25, 0.3) is 0 Å². The normalized spacial score (nSPS) is 13.9. The highest BCUT2D eigenvalue weighted by Crippen LogP contribution is 2.28. The van der Waals surface area contributed by atoms with E-state index in [9.17, 15) is 19.2 Å². The van der Waals surface area contributed by atoms with Gasteiger partial charge in [-0.1, -0.05) is 32.8 Å².